The summed E-state index contributed by atoms with van der Waals surface area (Å²) in [6, 6.07) is 14.4. The van der Waals surface area contributed by atoms with Crippen LogP contribution in [0.1, 0.15) is 25.0 Å². The Morgan fingerprint density at radius 2 is 1.88 bits per heavy atom. The van der Waals surface area contributed by atoms with Gasteiger partial charge in [0.25, 0.3) is 5.91 Å². The van der Waals surface area contributed by atoms with E-state index in [0.29, 0.717) is 6.54 Å². The van der Waals surface area contributed by atoms with Gasteiger partial charge in [-0.2, -0.15) is 0 Å². The van der Waals surface area contributed by atoms with E-state index < -0.39 is 10.0 Å². The SMILES string of the molecule is C[C@@H]1Cc2ccccc2N1C(=O)[C@@H](C)[NH2+]Cc1ccc(S(N)(=O)=O)cc1. The van der Waals surface area contributed by atoms with E-state index in [1.54, 1.807) is 12.1 Å². The van der Waals surface area contributed by atoms with Crippen molar-refractivity contribution in [2.45, 2.75) is 43.8 Å². The number of nitrogens with zero attached hydrogens (tertiary/aromatic N) is 1. The minimum Gasteiger partial charge on any atom is -0.332 e. The predicted molar refractivity (Wildman–Crippen MR) is 100 cm³/mol. The average molecular weight is 374 g/mol. The second-order valence-electron chi connectivity index (χ2n) is 6.81. The molecule has 1 amide bonds. The number of quaternary nitrogens is 1. The van der Waals surface area contributed by atoms with Crippen LogP contribution in [0.3, 0.4) is 0 Å². The lowest BCUT2D eigenvalue weighted by molar-refractivity contribution is -0.688. The van der Waals surface area contributed by atoms with Gasteiger partial charge in [-0.1, -0.05) is 30.3 Å². The van der Waals surface area contributed by atoms with Crippen LogP contribution in [-0.2, 0) is 27.8 Å². The standard InChI is InChI=1S/C19H23N3O3S/c1-13-11-16-5-3-4-6-18(16)22(13)19(23)14(2)21-12-15-7-9-17(10-8-15)26(20,24)25/h3-10,13-14,21H,11-12H2,1-2H3,(H2,20,24,25)/p+1/t13-,14-/m1/s1. The predicted octanol–water partition coefficient (Wildman–Crippen LogP) is 0.764. The van der Waals surface area contributed by atoms with Crippen molar-refractivity contribution in [1.29, 1.82) is 0 Å². The molecule has 0 unspecified atom stereocenters. The zero-order valence-corrected chi connectivity index (χ0v) is 15.7. The number of rotatable bonds is 5. The van der Waals surface area contributed by atoms with Crippen LogP contribution in [0.2, 0.25) is 0 Å². The molecular formula is C19H24N3O3S+. The molecule has 2 aromatic rings. The molecule has 1 aliphatic rings. The minimum atomic E-state index is -3.68. The molecule has 0 aliphatic carbocycles. The summed E-state index contributed by atoms with van der Waals surface area (Å²) in [5.74, 6) is 0.0867. The van der Waals surface area contributed by atoms with E-state index in [2.05, 4.69) is 13.0 Å². The lowest BCUT2D eigenvalue weighted by atomic mass is 10.1. The van der Waals surface area contributed by atoms with Crippen LogP contribution in [0.4, 0.5) is 5.69 Å². The maximum absolute atomic E-state index is 12.9. The summed E-state index contributed by atoms with van der Waals surface area (Å²) < 4.78 is 22.6. The number of hydrogen-bond donors (Lipinski definition) is 2. The Kier molecular flexibility index (Phi) is 5.13. The largest absolute Gasteiger partial charge is 0.332 e. The fourth-order valence-corrected chi connectivity index (χ4v) is 3.87. The van der Waals surface area contributed by atoms with E-state index >= 15 is 0 Å². The van der Waals surface area contributed by atoms with E-state index in [1.807, 2.05) is 35.3 Å². The monoisotopic (exact) mass is 374 g/mol. The zero-order valence-electron chi connectivity index (χ0n) is 14.9. The highest BCUT2D eigenvalue weighted by Crippen LogP contribution is 2.31. The third-order valence-electron chi connectivity index (χ3n) is 4.79. The van der Waals surface area contributed by atoms with Crippen molar-refractivity contribution in [1.82, 2.24) is 0 Å². The molecule has 6 nitrogen and oxygen atoms in total. The summed E-state index contributed by atoms with van der Waals surface area (Å²) in [6.07, 6.45) is 0.879. The van der Waals surface area contributed by atoms with E-state index in [4.69, 9.17) is 5.14 Å². The summed E-state index contributed by atoms with van der Waals surface area (Å²) in [4.78, 5) is 14.9. The van der Waals surface area contributed by atoms with Crippen molar-refractivity contribution >= 4 is 21.6 Å². The second kappa shape index (κ2) is 7.19. The third-order valence-corrected chi connectivity index (χ3v) is 5.72. The van der Waals surface area contributed by atoms with E-state index in [9.17, 15) is 13.2 Å². The highest BCUT2D eigenvalue weighted by molar-refractivity contribution is 7.89. The molecule has 0 radical (unpaired) electrons. The van der Waals surface area contributed by atoms with Gasteiger partial charge in [-0.25, -0.2) is 13.6 Å². The molecule has 0 spiro atoms. The number of para-hydroxylation sites is 1. The van der Waals surface area contributed by atoms with Gasteiger partial charge in [-0.05, 0) is 44.0 Å². The molecule has 0 saturated carbocycles. The van der Waals surface area contributed by atoms with Gasteiger partial charge in [0, 0.05) is 17.3 Å². The fourth-order valence-electron chi connectivity index (χ4n) is 3.35. The molecule has 1 heterocycles. The van der Waals surface area contributed by atoms with Gasteiger partial charge >= 0.3 is 0 Å². The van der Waals surface area contributed by atoms with Crippen molar-refractivity contribution in [2.24, 2.45) is 5.14 Å². The van der Waals surface area contributed by atoms with Crippen LogP contribution < -0.4 is 15.4 Å². The lowest BCUT2D eigenvalue weighted by Crippen LogP contribution is -2.90. The number of carbonyl (C=O) groups is 1. The first kappa shape index (κ1) is 18.6. The van der Waals surface area contributed by atoms with Crippen LogP contribution in [0.25, 0.3) is 0 Å². The van der Waals surface area contributed by atoms with E-state index in [1.165, 1.54) is 17.7 Å². The molecule has 26 heavy (non-hydrogen) atoms. The first-order valence-corrected chi connectivity index (χ1v) is 10.2. The number of hydrogen-bond acceptors (Lipinski definition) is 3. The molecule has 0 bridgehead atoms. The summed E-state index contributed by atoms with van der Waals surface area (Å²) in [6.45, 7) is 4.55. The van der Waals surface area contributed by atoms with E-state index in [0.717, 1.165) is 17.7 Å². The van der Waals surface area contributed by atoms with Crippen molar-refractivity contribution < 1.29 is 18.5 Å². The normalized spacial score (nSPS) is 17.8. The quantitative estimate of drug-likeness (QED) is 0.809. The summed E-state index contributed by atoms with van der Waals surface area (Å²) >= 11 is 0. The third kappa shape index (κ3) is 3.80. The molecular weight excluding hydrogens is 350 g/mol. The number of carbonyl (C=O) groups excluding carboxylic acids is 1. The van der Waals surface area contributed by atoms with Gasteiger partial charge in [0.15, 0.2) is 6.04 Å². The lowest BCUT2D eigenvalue weighted by Gasteiger charge is -2.25. The van der Waals surface area contributed by atoms with Gasteiger partial charge < -0.3 is 10.2 Å². The molecule has 3 rings (SSSR count). The van der Waals surface area contributed by atoms with Gasteiger partial charge in [0.1, 0.15) is 6.54 Å². The number of primary sulfonamides is 1. The van der Waals surface area contributed by atoms with Crippen molar-refractivity contribution in [3.63, 3.8) is 0 Å². The number of sulfonamides is 1. The zero-order chi connectivity index (χ0) is 18.9. The molecule has 0 fully saturated rings. The Morgan fingerprint density at radius 3 is 2.54 bits per heavy atom. The number of nitrogens with two attached hydrogens (primary N) is 2. The molecule has 0 saturated heterocycles. The first-order chi connectivity index (χ1) is 12.3. The molecule has 4 N–H and O–H groups in total. The highest BCUT2D eigenvalue weighted by atomic mass is 32.2. The van der Waals surface area contributed by atoms with Gasteiger partial charge in [-0.15, -0.1) is 0 Å². The molecule has 138 valence electrons. The van der Waals surface area contributed by atoms with Crippen LogP contribution >= 0.6 is 0 Å². The van der Waals surface area contributed by atoms with Crippen molar-refractivity contribution in [3.05, 3.63) is 59.7 Å². The molecule has 7 heteroatoms. The van der Waals surface area contributed by atoms with Gasteiger partial charge in [-0.3, -0.25) is 4.79 Å². The van der Waals surface area contributed by atoms with E-state index in [-0.39, 0.29) is 22.9 Å². The Balaban J connectivity index is 1.65. The van der Waals surface area contributed by atoms with Crippen LogP contribution in [0, 0.1) is 0 Å². The average Bonchev–Trinajstić information content (AvgIpc) is 2.94. The number of fused-ring (bicyclic) bond motifs is 1. The Hall–Kier alpha value is -2.22. The van der Waals surface area contributed by atoms with Gasteiger partial charge in [0.05, 0.1) is 4.90 Å². The highest BCUT2D eigenvalue weighted by Gasteiger charge is 2.34. The fraction of sp³-hybridized carbons (Fsp3) is 0.316. The maximum atomic E-state index is 12.9. The summed E-state index contributed by atoms with van der Waals surface area (Å²) in [5, 5.41) is 7.07. The number of benzene rings is 2. The topological polar surface area (TPSA) is 97.1 Å². The van der Waals surface area contributed by atoms with Crippen LogP contribution in [0.5, 0.6) is 0 Å². The summed E-state index contributed by atoms with van der Waals surface area (Å²) in [5.41, 5.74) is 3.15. The number of anilines is 1. The first-order valence-electron chi connectivity index (χ1n) is 8.63. The summed E-state index contributed by atoms with van der Waals surface area (Å²) in [7, 11) is -3.68. The molecule has 2 aromatic carbocycles. The van der Waals surface area contributed by atoms with Crippen molar-refractivity contribution in [3.8, 4) is 0 Å². The molecule has 0 aromatic heterocycles. The van der Waals surface area contributed by atoms with Gasteiger partial charge in [0.2, 0.25) is 10.0 Å². The smallest absolute Gasteiger partial charge is 0.285 e. The maximum Gasteiger partial charge on any atom is 0.285 e. The van der Waals surface area contributed by atoms with Crippen LogP contribution in [-0.4, -0.2) is 26.4 Å². The number of amides is 1. The molecule has 2 atom stereocenters. The van der Waals surface area contributed by atoms with Crippen LogP contribution in [0.15, 0.2) is 53.4 Å². The Morgan fingerprint density at radius 1 is 1.23 bits per heavy atom. The molecule has 1 aliphatic heterocycles. The second-order valence-corrected chi connectivity index (χ2v) is 8.37. The Labute approximate surface area is 154 Å². The Bertz CT molecular complexity index is 910. The van der Waals surface area contributed by atoms with Crippen molar-refractivity contribution in [2.75, 3.05) is 4.90 Å². The minimum absolute atomic E-state index is 0.0867.